The van der Waals surface area contributed by atoms with E-state index in [4.69, 9.17) is 0 Å². The lowest BCUT2D eigenvalue weighted by atomic mass is 10.3. The molecule has 4 heteroatoms. The van der Waals surface area contributed by atoms with E-state index >= 15 is 0 Å². The van der Waals surface area contributed by atoms with Gasteiger partial charge in [0.1, 0.15) is 5.01 Å². The minimum Gasteiger partial charge on any atom is -0.262 e. The van der Waals surface area contributed by atoms with Gasteiger partial charge in [-0.15, -0.1) is 11.3 Å². The summed E-state index contributed by atoms with van der Waals surface area (Å²) >= 11 is 1.46. The molecule has 0 radical (unpaired) electrons. The molecule has 0 spiro atoms. The van der Waals surface area contributed by atoms with Crippen molar-refractivity contribution < 1.29 is 4.39 Å². The van der Waals surface area contributed by atoms with Crippen LogP contribution < -0.4 is 0 Å². The Morgan fingerprint density at radius 1 is 1.50 bits per heavy atom. The summed E-state index contributed by atoms with van der Waals surface area (Å²) in [6.07, 6.45) is 3.66. The Labute approximate surface area is 85.5 Å². The normalized spacial score (nSPS) is 10.4. The Bertz CT molecular complexity index is 439. The summed E-state index contributed by atoms with van der Waals surface area (Å²) in [6, 6.07) is 1.65. The van der Waals surface area contributed by atoms with E-state index in [0.29, 0.717) is 5.56 Å². The number of nitrogens with zero attached hydrogens (tertiary/aromatic N) is 2. The number of hydrogen-bond donors (Lipinski definition) is 0. The van der Waals surface area contributed by atoms with E-state index < -0.39 is 0 Å². The third-order valence-electron chi connectivity index (χ3n) is 1.92. The summed E-state index contributed by atoms with van der Waals surface area (Å²) in [7, 11) is 0. The number of aromatic nitrogens is 2. The number of rotatable bonds is 2. The third kappa shape index (κ3) is 1.65. The van der Waals surface area contributed by atoms with Crippen LogP contribution in [0.5, 0.6) is 0 Å². The fourth-order valence-electron chi connectivity index (χ4n) is 1.14. The van der Waals surface area contributed by atoms with E-state index in [0.717, 1.165) is 17.1 Å². The Hall–Kier alpha value is -1.29. The largest absolute Gasteiger partial charge is 0.262 e. The van der Waals surface area contributed by atoms with Crippen LogP contribution in [0.4, 0.5) is 4.39 Å². The molecule has 2 nitrogen and oxygen atoms in total. The Kier molecular flexibility index (Phi) is 2.54. The van der Waals surface area contributed by atoms with Crippen LogP contribution in [-0.2, 0) is 6.42 Å². The number of aryl methyl sites for hydroxylation is 1. The van der Waals surface area contributed by atoms with E-state index in [9.17, 15) is 4.39 Å². The zero-order valence-electron chi connectivity index (χ0n) is 7.70. The first-order valence-electron chi connectivity index (χ1n) is 4.35. The predicted octanol–water partition coefficient (Wildman–Crippen LogP) is 2.91. The van der Waals surface area contributed by atoms with Crippen molar-refractivity contribution in [3.05, 3.63) is 35.4 Å². The fraction of sp³-hybridized carbons (Fsp3) is 0.200. The highest BCUT2D eigenvalue weighted by atomic mass is 32.1. The van der Waals surface area contributed by atoms with Gasteiger partial charge in [0.2, 0.25) is 0 Å². The quantitative estimate of drug-likeness (QED) is 0.758. The molecule has 2 heterocycles. The highest BCUT2D eigenvalue weighted by molar-refractivity contribution is 7.13. The summed E-state index contributed by atoms with van der Waals surface area (Å²) < 4.78 is 13.3. The number of halogens is 1. The molecule has 0 fully saturated rings. The van der Waals surface area contributed by atoms with Gasteiger partial charge in [-0.05, 0) is 12.5 Å². The zero-order chi connectivity index (χ0) is 9.97. The third-order valence-corrected chi connectivity index (χ3v) is 2.84. The van der Waals surface area contributed by atoms with Crippen LogP contribution in [0.25, 0.3) is 10.6 Å². The van der Waals surface area contributed by atoms with Gasteiger partial charge in [0.15, 0.2) is 5.82 Å². The van der Waals surface area contributed by atoms with Crippen LogP contribution in [0.3, 0.4) is 0 Å². The van der Waals surface area contributed by atoms with Gasteiger partial charge < -0.3 is 0 Å². The van der Waals surface area contributed by atoms with Gasteiger partial charge in [0.05, 0.1) is 11.9 Å². The van der Waals surface area contributed by atoms with E-state index in [-0.39, 0.29) is 5.82 Å². The van der Waals surface area contributed by atoms with Gasteiger partial charge in [0.25, 0.3) is 0 Å². The lowest BCUT2D eigenvalue weighted by Crippen LogP contribution is -1.85. The second kappa shape index (κ2) is 3.84. The Morgan fingerprint density at radius 3 is 3.00 bits per heavy atom. The molecule has 0 atom stereocenters. The molecule has 2 rings (SSSR count). The molecule has 72 valence electrons. The van der Waals surface area contributed by atoms with E-state index in [1.807, 2.05) is 12.3 Å². The first kappa shape index (κ1) is 9.27. The zero-order valence-corrected chi connectivity index (χ0v) is 8.51. The van der Waals surface area contributed by atoms with Gasteiger partial charge in [0, 0.05) is 17.1 Å². The highest BCUT2D eigenvalue weighted by Crippen LogP contribution is 2.25. The molecule has 0 unspecified atom stereocenters. The van der Waals surface area contributed by atoms with Gasteiger partial charge in [-0.25, -0.2) is 9.37 Å². The Balaban J connectivity index is 2.44. The second-order valence-corrected chi connectivity index (χ2v) is 3.71. The molecule has 0 saturated heterocycles. The number of thiazole rings is 1. The standard InChI is InChI=1S/C10H9FN2S/c1-2-7-6-14-10(13-7)8-3-4-12-5-9(8)11/h3-6H,2H2,1H3. The van der Waals surface area contributed by atoms with Crippen molar-refractivity contribution in [1.82, 2.24) is 9.97 Å². The number of hydrogen-bond acceptors (Lipinski definition) is 3. The molecule has 0 bridgehead atoms. The summed E-state index contributed by atoms with van der Waals surface area (Å²) in [5.74, 6) is -0.315. The Morgan fingerprint density at radius 2 is 2.36 bits per heavy atom. The molecule has 0 aliphatic heterocycles. The topological polar surface area (TPSA) is 25.8 Å². The van der Waals surface area contributed by atoms with Crippen LogP contribution in [0, 0.1) is 5.82 Å². The predicted molar refractivity (Wildman–Crippen MR) is 54.7 cm³/mol. The van der Waals surface area contributed by atoms with E-state index in [1.54, 1.807) is 12.3 Å². The molecular formula is C10H9FN2S. The summed E-state index contributed by atoms with van der Waals surface area (Å²) in [5, 5.41) is 2.68. The van der Waals surface area contributed by atoms with Crippen molar-refractivity contribution in [2.45, 2.75) is 13.3 Å². The highest BCUT2D eigenvalue weighted by Gasteiger charge is 2.08. The molecule has 0 N–H and O–H groups in total. The smallest absolute Gasteiger partial charge is 0.151 e. The van der Waals surface area contributed by atoms with Crippen molar-refractivity contribution in [3.8, 4) is 10.6 Å². The van der Waals surface area contributed by atoms with Gasteiger partial charge in [-0.2, -0.15) is 0 Å². The second-order valence-electron chi connectivity index (χ2n) is 2.85. The average Bonchev–Trinajstić information content (AvgIpc) is 2.67. The maximum absolute atomic E-state index is 13.3. The van der Waals surface area contributed by atoms with Gasteiger partial charge >= 0.3 is 0 Å². The van der Waals surface area contributed by atoms with Gasteiger partial charge in [-0.1, -0.05) is 6.92 Å². The molecule has 0 aromatic carbocycles. The average molecular weight is 208 g/mol. The van der Waals surface area contributed by atoms with Crippen LogP contribution in [0.15, 0.2) is 23.8 Å². The molecule has 0 amide bonds. The number of pyridine rings is 1. The van der Waals surface area contributed by atoms with Crippen LogP contribution >= 0.6 is 11.3 Å². The van der Waals surface area contributed by atoms with Crippen molar-refractivity contribution in [3.63, 3.8) is 0 Å². The molecule has 0 aliphatic carbocycles. The first-order valence-corrected chi connectivity index (χ1v) is 5.23. The molecular weight excluding hydrogens is 199 g/mol. The molecule has 0 aliphatic rings. The van der Waals surface area contributed by atoms with Crippen molar-refractivity contribution >= 4 is 11.3 Å². The van der Waals surface area contributed by atoms with Crippen molar-refractivity contribution in [2.75, 3.05) is 0 Å². The minimum absolute atomic E-state index is 0.315. The lowest BCUT2D eigenvalue weighted by molar-refractivity contribution is 0.625. The molecule has 0 saturated carbocycles. The van der Waals surface area contributed by atoms with Crippen LogP contribution in [0.1, 0.15) is 12.6 Å². The summed E-state index contributed by atoms with van der Waals surface area (Å²) in [6.45, 7) is 2.03. The SMILES string of the molecule is CCc1csc(-c2ccncc2F)n1. The molecule has 2 aromatic heterocycles. The first-order chi connectivity index (χ1) is 6.81. The van der Waals surface area contributed by atoms with E-state index in [1.165, 1.54) is 17.5 Å². The van der Waals surface area contributed by atoms with Crippen LogP contribution in [-0.4, -0.2) is 9.97 Å². The van der Waals surface area contributed by atoms with Gasteiger partial charge in [-0.3, -0.25) is 4.98 Å². The summed E-state index contributed by atoms with van der Waals surface area (Å²) in [5.41, 5.74) is 1.53. The lowest BCUT2D eigenvalue weighted by Gasteiger charge is -1.96. The maximum atomic E-state index is 13.3. The molecule has 2 aromatic rings. The minimum atomic E-state index is -0.315. The van der Waals surface area contributed by atoms with Crippen LogP contribution in [0.2, 0.25) is 0 Å². The maximum Gasteiger partial charge on any atom is 0.151 e. The monoisotopic (exact) mass is 208 g/mol. The van der Waals surface area contributed by atoms with Crippen molar-refractivity contribution in [1.29, 1.82) is 0 Å². The molecule has 14 heavy (non-hydrogen) atoms. The fourth-order valence-corrected chi connectivity index (χ4v) is 2.07. The van der Waals surface area contributed by atoms with Crippen molar-refractivity contribution in [2.24, 2.45) is 0 Å². The summed E-state index contributed by atoms with van der Waals surface area (Å²) in [4.78, 5) is 8.01. The van der Waals surface area contributed by atoms with E-state index in [2.05, 4.69) is 9.97 Å².